The molecule has 0 aromatic heterocycles. The number of benzene rings is 1. The van der Waals surface area contributed by atoms with Gasteiger partial charge in [-0.3, -0.25) is 11.3 Å². The van der Waals surface area contributed by atoms with Gasteiger partial charge in [0, 0.05) is 6.04 Å². The van der Waals surface area contributed by atoms with Crippen LogP contribution in [-0.4, -0.2) is 0 Å². The second kappa shape index (κ2) is 6.02. The van der Waals surface area contributed by atoms with Crippen LogP contribution in [0.4, 0.5) is 0 Å². The highest BCUT2D eigenvalue weighted by Gasteiger charge is 2.10. The summed E-state index contributed by atoms with van der Waals surface area (Å²) in [5.74, 6) is 6.35. The molecule has 0 spiro atoms. The summed E-state index contributed by atoms with van der Waals surface area (Å²) >= 11 is 0. The van der Waals surface area contributed by atoms with E-state index in [-0.39, 0.29) is 6.04 Å². The number of hydrogen-bond donors (Lipinski definition) is 2. The van der Waals surface area contributed by atoms with Crippen LogP contribution in [-0.2, 0) is 0 Å². The van der Waals surface area contributed by atoms with Crippen LogP contribution in [0.15, 0.2) is 18.2 Å². The summed E-state index contributed by atoms with van der Waals surface area (Å²) in [7, 11) is 0. The molecule has 0 aliphatic rings. The van der Waals surface area contributed by atoms with Crippen LogP contribution in [0.25, 0.3) is 0 Å². The Kier molecular flexibility index (Phi) is 4.97. The van der Waals surface area contributed by atoms with Crippen molar-refractivity contribution in [1.29, 1.82) is 0 Å². The van der Waals surface area contributed by atoms with Crippen LogP contribution in [0, 0.1) is 19.8 Å². The first kappa shape index (κ1) is 13.2. The van der Waals surface area contributed by atoms with E-state index in [9.17, 15) is 0 Å². The maximum Gasteiger partial charge on any atom is 0.0460 e. The Bertz CT molecular complexity index is 332. The predicted octanol–water partition coefficient (Wildman–Crippen LogP) is 3.24. The molecule has 0 aliphatic heterocycles. The fraction of sp³-hybridized carbons (Fsp3) is 0.571. The number of hydrogen-bond acceptors (Lipinski definition) is 2. The van der Waals surface area contributed by atoms with Crippen molar-refractivity contribution in [2.24, 2.45) is 11.8 Å². The SMILES string of the molecule is Cc1ccc(C(CCC(C)C)NN)cc1C. The molecule has 3 N–H and O–H groups in total. The van der Waals surface area contributed by atoms with Crippen molar-refractivity contribution >= 4 is 0 Å². The fourth-order valence-corrected chi connectivity index (χ4v) is 1.83. The lowest BCUT2D eigenvalue weighted by atomic mass is 9.96. The van der Waals surface area contributed by atoms with E-state index in [0.717, 1.165) is 12.3 Å². The Labute approximate surface area is 99.2 Å². The van der Waals surface area contributed by atoms with E-state index < -0.39 is 0 Å². The minimum atomic E-state index is 0.279. The van der Waals surface area contributed by atoms with Crippen molar-refractivity contribution in [3.05, 3.63) is 34.9 Å². The fourth-order valence-electron chi connectivity index (χ4n) is 1.83. The highest BCUT2D eigenvalue weighted by molar-refractivity contribution is 5.31. The molecule has 1 rings (SSSR count). The van der Waals surface area contributed by atoms with Gasteiger partial charge in [-0.15, -0.1) is 0 Å². The van der Waals surface area contributed by atoms with E-state index in [4.69, 9.17) is 5.84 Å². The lowest BCUT2D eigenvalue weighted by Crippen LogP contribution is -2.28. The van der Waals surface area contributed by atoms with Gasteiger partial charge < -0.3 is 0 Å². The highest BCUT2D eigenvalue weighted by atomic mass is 15.2. The van der Waals surface area contributed by atoms with E-state index in [1.165, 1.54) is 23.1 Å². The van der Waals surface area contributed by atoms with E-state index in [1.54, 1.807) is 0 Å². The van der Waals surface area contributed by atoms with Crippen molar-refractivity contribution in [2.75, 3.05) is 0 Å². The summed E-state index contributed by atoms with van der Waals surface area (Å²) in [5, 5.41) is 0. The summed E-state index contributed by atoms with van der Waals surface area (Å²) in [5.41, 5.74) is 6.89. The maximum atomic E-state index is 5.63. The Balaban J connectivity index is 2.74. The summed E-state index contributed by atoms with van der Waals surface area (Å²) in [6.45, 7) is 8.77. The minimum Gasteiger partial charge on any atom is -0.271 e. The number of aryl methyl sites for hydroxylation is 2. The quantitative estimate of drug-likeness (QED) is 0.590. The second-order valence-electron chi connectivity index (χ2n) is 5.03. The van der Waals surface area contributed by atoms with Gasteiger partial charge in [-0.1, -0.05) is 32.0 Å². The Morgan fingerprint density at radius 3 is 2.31 bits per heavy atom. The molecule has 90 valence electrons. The molecule has 1 aromatic rings. The molecule has 0 bridgehead atoms. The molecule has 0 saturated heterocycles. The minimum absolute atomic E-state index is 0.279. The Morgan fingerprint density at radius 2 is 1.81 bits per heavy atom. The molecule has 1 aromatic carbocycles. The summed E-state index contributed by atoms with van der Waals surface area (Å²) in [6, 6.07) is 6.86. The van der Waals surface area contributed by atoms with Crippen molar-refractivity contribution in [1.82, 2.24) is 5.43 Å². The molecule has 0 radical (unpaired) electrons. The first-order valence-electron chi connectivity index (χ1n) is 6.08. The Morgan fingerprint density at radius 1 is 1.12 bits per heavy atom. The van der Waals surface area contributed by atoms with Crippen LogP contribution in [0.2, 0.25) is 0 Å². The van der Waals surface area contributed by atoms with Gasteiger partial charge in [0.2, 0.25) is 0 Å². The van der Waals surface area contributed by atoms with Gasteiger partial charge in [0.05, 0.1) is 0 Å². The molecule has 16 heavy (non-hydrogen) atoms. The predicted molar refractivity (Wildman–Crippen MR) is 70.1 cm³/mol. The van der Waals surface area contributed by atoms with Gasteiger partial charge in [0.1, 0.15) is 0 Å². The van der Waals surface area contributed by atoms with Crippen LogP contribution >= 0.6 is 0 Å². The summed E-state index contributed by atoms with van der Waals surface area (Å²) in [4.78, 5) is 0. The summed E-state index contributed by atoms with van der Waals surface area (Å²) in [6.07, 6.45) is 2.29. The standard InChI is InChI=1S/C14H24N2/c1-10(2)5-8-14(16-15)13-7-6-11(3)12(4)9-13/h6-7,9-10,14,16H,5,8,15H2,1-4H3. The molecule has 2 heteroatoms. The monoisotopic (exact) mass is 220 g/mol. The van der Waals surface area contributed by atoms with Crippen LogP contribution < -0.4 is 11.3 Å². The third-order valence-electron chi connectivity index (χ3n) is 3.17. The summed E-state index contributed by atoms with van der Waals surface area (Å²) < 4.78 is 0. The van der Waals surface area contributed by atoms with E-state index in [1.807, 2.05) is 0 Å². The molecule has 1 unspecified atom stereocenters. The average Bonchev–Trinajstić information content (AvgIpc) is 2.23. The number of nitrogens with two attached hydrogens (primary N) is 1. The van der Waals surface area contributed by atoms with Gasteiger partial charge in [-0.05, 0) is 49.3 Å². The smallest absolute Gasteiger partial charge is 0.0460 e. The zero-order valence-corrected chi connectivity index (χ0v) is 10.9. The zero-order valence-electron chi connectivity index (χ0n) is 10.9. The van der Waals surface area contributed by atoms with Crippen molar-refractivity contribution < 1.29 is 0 Å². The van der Waals surface area contributed by atoms with Gasteiger partial charge in [0.15, 0.2) is 0 Å². The maximum absolute atomic E-state index is 5.63. The first-order valence-corrected chi connectivity index (χ1v) is 6.08. The van der Waals surface area contributed by atoms with Gasteiger partial charge in [0.25, 0.3) is 0 Å². The van der Waals surface area contributed by atoms with Crippen molar-refractivity contribution in [3.8, 4) is 0 Å². The number of rotatable bonds is 5. The molecule has 2 nitrogen and oxygen atoms in total. The average molecular weight is 220 g/mol. The molecule has 0 amide bonds. The van der Waals surface area contributed by atoms with Crippen LogP contribution in [0.5, 0.6) is 0 Å². The molecule has 0 fully saturated rings. The van der Waals surface area contributed by atoms with E-state index in [2.05, 4.69) is 51.3 Å². The third kappa shape index (κ3) is 3.62. The lowest BCUT2D eigenvalue weighted by Gasteiger charge is -2.18. The third-order valence-corrected chi connectivity index (χ3v) is 3.17. The lowest BCUT2D eigenvalue weighted by molar-refractivity contribution is 0.448. The molecular formula is C14H24N2. The largest absolute Gasteiger partial charge is 0.271 e. The molecular weight excluding hydrogens is 196 g/mol. The first-order chi connectivity index (χ1) is 7.54. The van der Waals surface area contributed by atoms with Crippen LogP contribution in [0.3, 0.4) is 0 Å². The normalized spacial score (nSPS) is 13.1. The van der Waals surface area contributed by atoms with Gasteiger partial charge in [-0.2, -0.15) is 0 Å². The molecule has 0 heterocycles. The van der Waals surface area contributed by atoms with E-state index in [0.29, 0.717) is 0 Å². The zero-order chi connectivity index (χ0) is 12.1. The van der Waals surface area contributed by atoms with Crippen molar-refractivity contribution in [2.45, 2.75) is 46.6 Å². The van der Waals surface area contributed by atoms with Gasteiger partial charge in [-0.25, -0.2) is 0 Å². The Hall–Kier alpha value is -0.860. The van der Waals surface area contributed by atoms with Gasteiger partial charge >= 0.3 is 0 Å². The molecule has 1 atom stereocenters. The molecule has 0 saturated carbocycles. The topological polar surface area (TPSA) is 38.0 Å². The molecule has 0 aliphatic carbocycles. The number of hydrazine groups is 1. The second-order valence-corrected chi connectivity index (χ2v) is 5.03. The van der Waals surface area contributed by atoms with Crippen LogP contribution in [0.1, 0.15) is 49.4 Å². The number of nitrogens with one attached hydrogen (secondary N) is 1. The highest BCUT2D eigenvalue weighted by Crippen LogP contribution is 2.22. The van der Waals surface area contributed by atoms with Crippen molar-refractivity contribution in [3.63, 3.8) is 0 Å². The van der Waals surface area contributed by atoms with E-state index >= 15 is 0 Å².